The molecule has 88 valence electrons. The number of furan rings is 1. The second-order valence-corrected chi connectivity index (χ2v) is 4.48. The van der Waals surface area contributed by atoms with Crippen molar-refractivity contribution in [3.8, 4) is 0 Å². The van der Waals surface area contributed by atoms with Gasteiger partial charge < -0.3 is 14.8 Å². The summed E-state index contributed by atoms with van der Waals surface area (Å²) in [4.78, 5) is 11.4. The maximum atomic E-state index is 11.4. The lowest BCUT2D eigenvalue weighted by atomic mass is 9.63. The highest BCUT2D eigenvalue weighted by Gasteiger charge is 2.51. The Hall–Kier alpha value is -1.29. The van der Waals surface area contributed by atoms with Gasteiger partial charge in [0.25, 0.3) is 0 Å². The maximum Gasteiger partial charge on any atom is 0.311 e. The highest BCUT2D eigenvalue weighted by atomic mass is 16.4. The van der Waals surface area contributed by atoms with E-state index >= 15 is 0 Å². The van der Waals surface area contributed by atoms with E-state index in [1.54, 1.807) is 7.05 Å². The van der Waals surface area contributed by atoms with Gasteiger partial charge in [0.1, 0.15) is 11.5 Å². The van der Waals surface area contributed by atoms with E-state index in [2.05, 4.69) is 5.32 Å². The minimum atomic E-state index is -0.729. The molecule has 0 bridgehead atoms. The van der Waals surface area contributed by atoms with Crippen molar-refractivity contribution in [2.75, 3.05) is 7.05 Å². The molecule has 0 spiro atoms. The van der Waals surface area contributed by atoms with Crippen LogP contribution in [-0.2, 0) is 4.79 Å². The second-order valence-electron chi connectivity index (χ2n) is 4.48. The quantitative estimate of drug-likeness (QED) is 0.820. The van der Waals surface area contributed by atoms with Crippen LogP contribution in [0.25, 0.3) is 0 Å². The Labute approximate surface area is 94.6 Å². The standard InChI is InChI=1S/C12H17NO3/c1-8-4-5-9(16-8)10(13-2)12(11(14)15)6-3-7-12/h4-5,10,13H,3,6-7H2,1-2H3,(H,14,15). The Morgan fingerprint density at radius 3 is 2.56 bits per heavy atom. The summed E-state index contributed by atoms with van der Waals surface area (Å²) >= 11 is 0. The lowest BCUT2D eigenvalue weighted by Gasteiger charge is -2.42. The highest BCUT2D eigenvalue weighted by molar-refractivity contribution is 5.77. The molecule has 0 radical (unpaired) electrons. The Bertz CT molecular complexity index is 393. The molecule has 1 heterocycles. The van der Waals surface area contributed by atoms with E-state index in [-0.39, 0.29) is 6.04 Å². The van der Waals surface area contributed by atoms with Gasteiger partial charge in [-0.05, 0) is 38.9 Å². The molecule has 1 aliphatic rings. The van der Waals surface area contributed by atoms with Crippen LogP contribution in [0.3, 0.4) is 0 Å². The fourth-order valence-corrected chi connectivity index (χ4v) is 2.48. The average Bonchev–Trinajstić information content (AvgIpc) is 2.56. The van der Waals surface area contributed by atoms with Crippen LogP contribution < -0.4 is 5.32 Å². The summed E-state index contributed by atoms with van der Waals surface area (Å²) in [5.74, 6) is 0.810. The summed E-state index contributed by atoms with van der Waals surface area (Å²) in [6.45, 7) is 1.87. The number of carboxylic acid groups (broad SMARTS) is 1. The summed E-state index contributed by atoms with van der Waals surface area (Å²) in [6.07, 6.45) is 2.41. The van der Waals surface area contributed by atoms with E-state index < -0.39 is 11.4 Å². The summed E-state index contributed by atoms with van der Waals surface area (Å²) in [5.41, 5.74) is -0.682. The zero-order chi connectivity index (χ0) is 11.8. The Morgan fingerprint density at radius 2 is 2.25 bits per heavy atom. The summed E-state index contributed by atoms with van der Waals surface area (Å²) < 4.78 is 5.54. The molecule has 1 unspecified atom stereocenters. The first-order chi connectivity index (χ1) is 7.60. The molecule has 16 heavy (non-hydrogen) atoms. The molecule has 0 aromatic carbocycles. The van der Waals surface area contributed by atoms with Crippen molar-refractivity contribution in [2.24, 2.45) is 5.41 Å². The van der Waals surface area contributed by atoms with Crippen molar-refractivity contribution < 1.29 is 14.3 Å². The molecule has 0 aliphatic heterocycles. The van der Waals surface area contributed by atoms with Gasteiger partial charge in [-0.25, -0.2) is 0 Å². The summed E-state index contributed by atoms with van der Waals surface area (Å²) in [7, 11) is 1.78. The third-order valence-corrected chi connectivity index (χ3v) is 3.56. The van der Waals surface area contributed by atoms with Gasteiger partial charge in [-0.1, -0.05) is 6.42 Å². The first-order valence-electron chi connectivity index (χ1n) is 5.57. The number of hydrogen-bond donors (Lipinski definition) is 2. The zero-order valence-corrected chi connectivity index (χ0v) is 9.62. The molecule has 0 saturated heterocycles. The predicted molar refractivity (Wildman–Crippen MR) is 59.2 cm³/mol. The minimum absolute atomic E-state index is 0.229. The van der Waals surface area contributed by atoms with Crippen molar-refractivity contribution in [2.45, 2.75) is 32.2 Å². The fourth-order valence-electron chi connectivity index (χ4n) is 2.48. The molecular formula is C12H17NO3. The Kier molecular flexibility index (Phi) is 2.76. The van der Waals surface area contributed by atoms with Gasteiger partial charge in [-0.15, -0.1) is 0 Å². The molecule has 1 saturated carbocycles. The van der Waals surface area contributed by atoms with Crippen molar-refractivity contribution >= 4 is 5.97 Å². The third-order valence-electron chi connectivity index (χ3n) is 3.56. The second kappa shape index (κ2) is 3.94. The van der Waals surface area contributed by atoms with Crippen LogP contribution in [0.1, 0.15) is 36.8 Å². The fraction of sp³-hybridized carbons (Fsp3) is 0.583. The number of aliphatic carboxylic acids is 1. The monoisotopic (exact) mass is 223 g/mol. The van der Waals surface area contributed by atoms with E-state index in [1.807, 2.05) is 19.1 Å². The van der Waals surface area contributed by atoms with E-state index in [9.17, 15) is 9.90 Å². The molecule has 0 amide bonds. The molecule has 2 N–H and O–H groups in total. The lowest BCUT2D eigenvalue weighted by molar-refractivity contribution is -0.158. The predicted octanol–water partition coefficient (Wildman–Crippen LogP) is 2.10. The largest absolute Gasteiger partial charge is 0.481 e. The average molecular weight is 223 g/mol. The molecule has 1 aromatic rings. The van der Waals surface area contributed by atoms with Gasteiger partial charge in [0, 0.05) is 0 Å². The first kappa shape index (κ1) is 11.2. The van der Waals surface area contributed by atoms with Crippen LogP contribution in [0.2, 0.25) is 0 Å². The van der Waals surface area contributed by atoms with Crippen molar-refractivity contribution in [1.29, 1.82) is 0 Å². The van der Waals surface area contributed by atoms with Crippen molar-refractivity contribution in [3.63, 3.8) is 0 Å². The van der Waals surface area contributed by atoms with Crippen LogP contribution in [0.15, 0.2) is 16.5 Å². The number of aryl methyl sites for hydroxylation is 1. The summed E-state index contributed by atoms with van der Waals surface area (Å²) in [6, 6.07) is 3.50. The van der Waals surface area contributed by atoms with E-state index in [1.165, 1.54) is 0 Å². The SMILES string of the molecule is CNC(c1ccc(C)o1)C1(C(=O)O)CCC1. The number of hydrogen-bond acceptors (Lipinski definition) is 3. The maximum absolute atomic E-state index is 11.4. The Balaban J connectivity index is 2.31. The van der Waals surface area contributed by atoms with Crippen molar-refractivity contribution in [3.05, 3.63) is 23.7 Å². The number of carboxylic acids is 1. The third kappa shape index (κ3) is 1.53. The van der Waals surface area contributed by atoms with Gasteiger partial charge in [0.05, 0.1) is 11.5 Å². The van der Waals surface area contributed by atoms with Gasteiger partial charge >= 0.3 is 5.97 Å². The molecule has 4 heteroatoms. The van der Waals surface area contributed by atoms with Crippen LogP contribution in [0, 0.1) is 12.3 Å². The van der Waals surface area contributed by atoms with Gasteiger partial charge in [0.15, 0.2) is 0 Å². The topological polar surface area (TPSA) is 62.5 Å². The highest BCUT2D eigenvalue weighted by Crippen LogP contribution is 2.50. The lowest BCUT2D eigenvalue weighted by Crippen LogP contribution is -2.47. The van der Waals surface area contributed by atoms with Crippen LogP contribution in [0.4, 0.5) is 0 Å². The minimum Gasteiger partial charge on any atom is -0.481 e. The van der Waals surface area contributed by atoms with E-state index in [0.29, 0.717) is 12.8 Å². The molecule has 1 aromatic heterocycles. The van der Waals surface area contributed by atoms with Gasteiger partial charge in [-0.2, -0.15) is 0 Å². The summed E-state index contributed by atoms with van der Waals surface area (Å²) in [5, 5.41) is 12.5. The van der Waals surface area contributed by atoms with E-state index in [4.69, 9.17) is 4.42 Å². The molecule has 1 atom stereocenters. The first-order valence-corrected chi connectivity index (χ1v) is 5.57. The molecular weight excluding hydrogens is 206 g/mol. The number of carbonyl (C=O) groups is 1. The van der Waals surface area contributed by atoms with Crippen molar-refractivity contribution in [1.82, 2.24) is 5.32 Å². The van der Waals surface area contributed by atoms with Crippen LogP contribution in [0.5, 0.6) is 0 Å². The van der Waals surface area contributed by atoms with E-state index in [0.717, 1.165) is 17.9 Å². The van der Waals surface area contributed by atoms with Gasteiger partial charge in [-0.3, -0.25) is 4.79 Å². The number of nitrogens with one attached hydrogen (secondary N) is 1. The zero-order valence-electron chi connectivity index (χ0n) is 9.62. The Morgan fingerprint density at radius 1 is 1.56 bits per heavy atom. The smallest absolute Gasteiger partial charge is 0.311 e. The molecule has 2 rings (SSSR count). The molecule has 1 fully saturated rings. The normalized spacial score (nSPS) is 20.1. The van der Waals surface area contributed by atoms with Gasteiger partial charge in [0.2, 0.25) is 0 Å². The van der Waals surface area contributed by atoms with Crippen LogP contribution >= 0.6 is 0 Å². The van der Waals surface area contributed by atoms with Crippen LogP contribution in [-0.4, -0.2) is 18.1 Å². The molecule has 1 aliphatic carbocycles. The number of rotatable bonds is 4. The molecule has 4 nitrogen and oxygen atoms in total.